The fraction of sp³-hybridized carbons (Fsp3) is 1.00. The van der Waals surface area contributed by atoms with E-state index >= 15 is 0 Å². The van der Waals surface area contributed by atoms with Crippen LogP contribution in [-0.2, 0) is 0 Å². The van der Waals surface area contributed by atoms with E-state index in [4.69, 9.17) is 0 Å². The zero-order valence-electron chi connectivity index (χ0n) is 15.9. The van der Waals surface area contributed by atoms with E-state index in [1.54, 1.807) is 0 Å². The van der Waals surface area contributed by atoms with E-state index < -0.39 is 0 Å². The molecule has 0 fully saturated rings. The SMILES string of the molecule is C[N]([Ge])C(C)(C)C.C[Si](C)C.C[Si](C)C.C[Si](C)C. The quantitative estimate of drug-likeness (QED) is 0.542. The molecule has 0 unspecified atom stereocenters. The van der Waals surface area contributed by atoms with Crippen LogP contribution in [0.1, 0.15) is 20.8 Å². The van der Waals surface area contributed by atoms with Gasteiger partial charge in [0.2, 0.25) is 0 Å². The number of nitrogens with zero attached hydrogens (tertiary/aromatic N) is 1. The van der Waals surface area contributed by atoms with Crippen LogP contribution in [0.25, 0.3) is 0 Å². The van der Waals surface area contributed by atoms with Gasteiger partial charge in [-0.25, -0.2) is 0 Å². The van der Waals surface area contributed by atoms with Gasteiger partial charge in [0.1, 0.15) is 0 Å². The molecule has 116 valence electrons. The Labute approximate surface area is 139 Å². The van der Waals surface area contributed by atoms with Gasteiger partial charge in [0.15, 0.2) is 0 Å². The molecule has 0 aliphatic heterocycles. The molecule has 0 N–H and O–H groups in total. The number of rotatable bonds is 0. The summed E-state index contributed by atoms with van der Waals surface area (Å²) in [4.78, 5) is 0. The molecular weight excluding hydrogens is 339 g/mol. The molecule has 6 radical (unpaired) electrons. The largest absolute Gasteiger partial charge is 0.0715 e. The minimum absolute atomic E-state index is 0.120. The van der Waals surface area contributed by atoms with E-state index in [-0.39, 0.29) is 26.4 Å². The maximum absolute atomic E-state index is 2.27. The zero-order chi connectivity index (χ0) is 16.8. The maximum Gasteiger partial charge on any atom is 0.0379 e. The van der Waals surface area contributed by atoms with Gasteiger partial charge in [-0.1, -0.05) is 58.9 Å². The van der Waals surface area contributed by atoms with Crippen molar-refractivity contribution >= 4 is 43.1 Å². The first-order valence-corrected chi connectivity index (χ1v) is 16.8. The van der Waals surface area contributed by atoms with Crippen molar-refractivity contribution in [2.45, 2.75) is 85.2 Å². The first-order chi connectivity index (χ1) is 8.14. The predicted molar refractivity (Wildman–Crippen MR) is 103 cm³/mol. The van der Waals surface area contributed by atoms with Crippen molar-refractivity contribution in [1.29, 1.82) is 0 Å². The minimum Gasteiger partial charge on any atom is -0.0715 e. The molecular formula is C14H39GeNSi3. The smallest absolute Gasteiger partial charge is 0.0379 e. The third-order valence-electron chi connectivity index (χ3n) is 1.01. The Kier molecular flexibility index (Phi) is 25.7. The van der Waals surface area contributed by atoms with Gasteiger partial charge in [0.25, 0.3) is 0 Å². The second-order valence-electron chi connectivity index (χ2n) is 7.23. The summed E-state index contributed by atoms with van der Waals surface area (Å²) in [7, 11) is 2.44. The molecule has 5 heteroatoms. The molecule has 0 aromatic rings. The zero-order valence-corrected chi connectivity index (χ0v) is 21.0. The normalized spacial score (nSPS) is 10.4. The Balaban J connectivity index is -0.0000000825. The van der Waals surface area contributed by atoms with Crippen LogP contribution >= 0.6 is 0 Å². The summed E-state index contributed by atoms with van der Waals surface area (Å²) in [5.74, 6) is 0. The van der Waals surface area contributed by atoms with Crippen LogP contribution in [0.3, 0.4) is 0 Å². The molecule has 0 heterocycles. The fourth-order valence-corrected chi connectivity index (χ4v) is 0. The van der Waals surface area contributed by atoms with Crippen molar-refractivity contribution in [3.63, 3.8) is 0 Å². The summed E-state index contributed by atoms with van der Waals surface area (Å²) in [6.07, 6.45) is 0. The minimum atomic E-state index is 0.120. The van der Waals surface area contributed by atoms with E-state index in [1.807, 2.05) is 0 Å². The van der Waals surface area contributed by atoms with E-state index in [2.05, 4.69) is 107 Å². The van der Waals surface area contributed by atoms with Crippen molar-refractivity contribution in [3.05, 3.63) is 0 Å². The van der Waals surface area contributed by atoms with Gasteiger partial charge in [-0.15, -0.1) is 0 Å². The molecule has 0 aromatic carbocycles. The molecule has 0 aromatic heterocycles. The Morgan fingerprint density at radius 1 is 0.632 bits per heavy atom. The summed E-state index contributed by atoms with van der Waals surface area (Å²) in [6, 6.07) is 0. The Bertz CT molecular complexity index is 133. The fourth-order valence-electron chi connectivity index (χ4n) is 0. The molecule has 0 spiro atoms. The van der Waals surface area contributed by atoms with Gasteiger partial charge in [-0.2, -0.15) is 0 Å². The topological polar surface area (TPSA) is 3.24 Å². The van der Waals surface area contributed by atoms with Crippen LogP contribution < -0.4 is 0 Å². The van der Waals surface area contributed by atoms with Gasteiger partial charge >= 0.3 is 54.0 Å². The van der Waals surface area contributed by atoms with Gasteiger partial charge in [-0.3, -0.25) is 0 Å². The van der Waals surface area contributed by atoms with E-state index in [9.17, 15) is 0 Å². The van der Waals surface area contributed by atoms with Gasteiger partial charge in [-0.05, 0) is 0 Å². The van der Waals surface area contributed by atoms with Gasteiger partial charge in [0, 0.05) is 26.4 Å². The van der Waals surface area contributed by atoms with E-state index in [0.29, 0.717) is 5.54 Å². The van der Waals surface area contributed by atoms with Crippen LogP contribution in [0.4, 0.5) is 0 Å². The van der Waals surface area contributed by atoms with Crippen LogP contribution in [0, 0.1) is 0 Å². The second-order valence-corrected chi connectivity index (χ2v) is 17.6. The molecule has 0 aliphatic carbocycles. The second kappa shape index (κ2) is 17.2. The molecule has 0 saturated heterocycles. The van der Waals surface area contributed by atoms with Crippen molar-refractivity contribution in [2.75, 3.05) is 7.05 Å². The Hall–Kier alpha value is 1.15. The van der Waals surface area contributed by atoms with Crippen LogP contribution in [0.15, 0.2) is 0 Å². The maximum atomic E-state index is 2.27. The van der Waals surface area contributed by atoms with Crippen LogP contribution in [0.2, 0.25) is 58.9 Å². The Morgan fingerprint density at radius 2 is 0.684 bits per heavy atom. The van der Waals surface area contributed by atoms with Crippen LogP contribution in [-0.4, -0.2) is 59.6 Å². The molecule has 0 atom stereocenters. The molecule has 0 rings (SSSR count). The van der Waals surface area contributed by atoms with Crippen molar-refractivity contribution in [2.24, 2.45) is 0 Å². The van der Waals surface area contributed by atoms with E-state index in [0.717, 1.165) is 0 Å². The molecule has 0 aliphatic rings. The molecule has 0 amide bonds. The first kappa shape index (κ1) is 28.3. The van der Waals surface area contributed by atoms with Gasteiger partial charge in [0.05, 0.1) is 0 Å². The van der Waals surface area contributed by atoms with E-state index in [1.165, 1.54) is 0 Å². The van der Waals surface area contributed by atoms with Crippen molar-refractivity contribution in [3.8, 4) is 0 Å². The van der Waals surface area contributed by atoms with Gasteiger partial charge < -0.3 is 0 Å². The summed E-state index contributed by atoms with van der Waals surface area (Å²) in [6.45, 7) is 27.0. The monoisotopic (exact) mass is 379 g/mol. The molecule has 1 nitrogen and oxygen atoms in total. The molecule has 19 heavy (non-hydrogen) atoms. The average molecular weight is 378 g/mol. The predicted octanol–water partition coefficient (Wildman–Crippen LogP) is 4.91. The van der Waals surface area contributed by atoms with Crippen molar-refractivity contribution in [1.82, 2.24) is 3.86 Å². The summed E-state index contributed by atoms with van der Waals surface area (Å²) >= 11 is 2.08. The third kappa shape index (κ3) is 110. The third-order valence-corrected chi connectivity index (χ3v) is 2.41. The van der Waals surface area contributed by atoms with Crippen molar-refractivity contribution < 1.29 is 0 Å². The average Bonchev–Trinajstić information content (AvgIpc) is 1.96. The Morgan fingerprint density at radius 3 is 0.684 bits per heavy atom. The summed E-state index contributed by atoms with van der Waals surface area (Å²) < 4.78 is 2.19. The molecule has 0 bridgehead atoms. The summed E-state index contributed by atoms with van der Waals surface area (Å²) in [5.41, 5.74) is 0.333. The standard InChI is InChI=1S/C5H12GeN.3C3H9Si/c1-5(2,3)7(4)6;3*1-4(2)3/h1-4H3;3*1-3H3. The molecule has 0 saturated carbocycles. The van der Waals surface area contributed by atoms with Crippen LogP contribution in [0.5, 0.6) is 0 Å². The first-order valence-electron chi connectivity index (χ1n) is 6.89. The number of hydrogen-bond acceptors (Lipinski definition) is 1. The summed E-state index contributed by atoms with van der Waals surface area (Å²) in [5, 5.41) is 0. The number of hydrogen-bond donors (Lipinski definition) is 0.